The van der Waals surface area contributed by atoms with Crippen molar-refractivity contribution in [1.82, 2.24) is 14.8 Å². The quantitative estimate of drug-likeness (QED) is 0.578. The number of hydrogen-bond acceptors (Lipinski definition) is 3. The average molecular weight is 440 g/mol. The van der Waals surface area contributed by atoms with Crippen LogP contribution in [0.4, 0.5) is 15.3 Å². The zero-order valence-electron chi connectivity index (χ0n) is 16.7. The summed E-state index contributed by atoms with van der Waals surface area (Å²) in [6.07, 6.45) is 2.80. The molecule has 9 heteroatoms. The van der Waals surface area contributed by atoms with Gasteiger partial charge in [0.05, 0.1) is 11.2 Å². The molecule has 160 valence electrons. The first-order valence-corrected chi connectivity index (χ1v) is 10.3. The van der Waals surface area contributed by atoms with Crippen molar-refractivity contribution in [3.8, 4) is 0 Å². The van der Waals surface area contributed by atoms with Crippen molar-refractivity contribution in [2.75, 3.05) is 11.9 Å². The maximum atomic E-state index is 13.0. The van der Waals surface area contributed by atoms with Crippen molar-refractivity contribution in [2.24, 2.45) is 5.73 Å². The molecule has 4 amide bonds. The van der Waals surface area contributed by atoms with Crippen LogP contribution in [0.5, 0.6) is 0 Å². The number of nitrogens with one attached hydrogen (secondary N) is 2. The number of carbonyl (C=O) groups is 3. The fourth-order valence-electron chi connectivity index (χ4n) is 3.88. The first kappa shape index (κ1) is 20.7. The number of carbonyl (C=O) groups excluding carboxylic acids is 3. The highest BCUT2D eigenvalue weighted by molar-refractivity contribution is 6.30. The summed E-state index contributed by atoms with van der Waals surface area (Å²) in [6.45, 7) is 0.799. The molecule has 1 aromatic heterocycles. The summed E-state index contributed by atoms with van der Waals surface area (Å²) >= 11 is 5.99. The number of anilines is 1. The van der Waals surface area contributed by atoms with Gasteiger partial charge in [-0.1, -0.05) is 41.9 Å². The van der Waals surface area contributed by atoms with E-state index >= 15 is 0 Å². The van der Waals surface area contributed by atoms with Crippen LogP contribution in [0.3, 0.4) is 0 Å². The molecule has 2 heterocycles. The molecular formula is C22H22ClN5O3. The summed E-state index contributed by atoms with van der Waals surface area (Å²) in [4.78, 5) is 38.9. The van der Waals surface area contributed by atoms with Gasteiger partial charge in [0.15, 0.2) is 0 Å². The van der Waals surface area contributed by atoms with Gasteiger partial charge in [-0.3, -0.25) is 9.36 Å². The van der Waals surface area contributed by atoms with Crippen LogP contribution in [0.15, 0.2) is 54.7 Å². The average Bonchev–Trinajstić information content (AvgIpc) is 3.38. The molecule has 4 N–H and O–H groups in total. The summed E-state index contributed by atoms with van der Waals surface area (Å²) in [7, 11) is 0. The summed E-state index contributed by atoms with van der Waals surface area (Å²) in [5.74, 6) is -0.216. The number of amides is 4. The van der Waals surface area contributed by atoms with E-state index in [0.717, 1.165) is 12.0 Å². The van der Waals surface area contributed by atoms with E-state index in [1.165, 1.54) is 15.7 Å². The van der Waals surface area contributed by atoms with Crippen molar-refractivity contribution in [3.63, 3.8) is 0 Å². The molecule has 1 aliphatic heterocycles. The van der Waals surface area contributed by atoms with E-state index in [2.05, 4.69) is 10.6 Å². The van der Waals surface area contributed by atoms with Gasteiger partial charge < -0.3 is 21.3 Å². The molecule has 31 heavy (non-hydrogen) atoms. The number of para-hydroxylation sites is 1. The summed E-state index contributed by atoms with van der Waals surface area (Å²) in [5.41, 5.74) is 7.38. The molecule has 3 aromatic rings. The minimum absolute atomic E-state index is 0.216. The molecule has 1 unspecified atom stereocenters. The molecule has 0 aliphatic carbocycles. The monoisotopic (exact) mass is 439 g/mol. The molecule has 0 saturated carbocycles. The highest BCUT2D eigenvalue weighted by Gasteiger charge is 2.34. The minimum atomic E-state index is -0.642. The molecule has 2 aromatic carbocycles. The van der Waals surface area contributed by atoms with Crippen LogP contribution in [-0.4, -0.2) is 40.0 Å². The van der Waals surface area contributed by atoms with Gasteiger partial charge in [-0.05, 0) is 36.6 Å². The van der Waals surface area contributed by atoms with Gasteiger partial charge in [0.2, 0.25) is 5.91 Å². The first-order valence-electron chi connectivity index (χ1n) is 9.93. The lowest BCUT2D eigenvalue weighted by atomic mass is 10.2. The second-order valence-corrected chi connectivity index (χ2v) is 7.83. The number of nitrogens with zero attached hydrogens (tertiary/aromatic N) is 2. The Kier molecular flexibility index (Phi) is 5.81. The van der Waals surface area contributed by atoms with E-state index in [4.69, 9.17) is 17.3 Å². The normalized spacial score (nSPS) is 15.8. The van der Waals surface area contributed by atoms with Gasteiger partial charge >= 0.3 is 12.1 Å². The number of aromatic nitrogens is 1. The maximum absolute atomic E-state index is 13.0. The molecule has 1 saturated heterocycles. The van der Waals surface area contributed by atoms with E-state index in [1.54, 1.807) is 30.3 Å². The van der Waals surface area contributed by atoms with Gasteiger partial charge in [-0.25, -0.2) is 9.59 Å². The number of halogens is 1. The van der Waals surface area contributed by atoms with Crippen LogP contribution < -0.4 is 16.4 Å². The van der Waals surface area contributed by atoms with Crippen molar-refractivity contribution in [2.45, 2.75) is 25.4 Å². The van der Waals surface area contributed by atoms with Crippen molar-refractivity contribution in [1.29, 1.82) is 0 Å². The predicted molar refractivity (Wildman–Crippen MR) is 119 cm³/mol. The largest absolute Gasteiger partial charge is 0.351 e. The summed E-state index contributed by atoms with van der Waals surface area (Å²) in [5, 5.41) is 7.00. The van der Waals surface area contributed by atoms with E-state index in [-0.39, 0.29) is 5.91 Å². The van der Waals surface area contributed by atoms with E-state index in [1.807, 2.05) is 18.2 Å². The van der Waals surface area contributed by atoms with Gasteiger partial charge in [-0.2, -0.15) is 0 Å². The minimum Gasteiger partial charge on any atom is -0.351 e. The van der Waals surface area contributed by atoms with Crippen LogP contribution in [0.25, 0.3) is 10.9 Å². The fourth-order valence-corrected chi connectivity index (χ4v) is 4.10. The fraction of sp³-hybridized carbons (Fsp3) is 0.227. The van der Waals surface area contributed by atoms with Gasteiger partial charge in [0.1, 0.15) is 6.04 Å². The lowest BCUT2D eigenvalue weighted by molar-refractivity contribution is -0.124. The number of benzene rings is 2. The van der Waals surface area contributed by atoms with Crippen LogP contribution in [-0.2, 0) is 11.3 Å². The Labute approximate surface area is 183 Å². The SMILES string of the molecule is NC(=O)n1cc(NC(=O)N2CCCC2C(=O)NCc2cccc(Cl)c2)c2ccccc21. The first-order chi connectivity index (χ1) is 14.9. The molecular weight excluding hydrogens is 418 g/mol. The summed E-state index contributed by atoms with van der Waals surface area (Å²) < 4.78 is 1.28. The molecule has 1 atom stereocenters. The third-order valence-corrected chi connectivity index (χ3v) is 5.60. The third kappa shape index (κ3) is 4.34. The Morgan fingerprint density at radius 3 is 2.71 bits per heavy atom. The number of likely N-dealkylation sites (tertiary alicyclic amines) is 1. The van der Waals surface area contributed by atoms with Crippen molar-refractivity contribution >= 4 is 46.2 Å². The highest BCUT2D eigenvalue weighted by atomic mass is 35.5. The van der Waals surface area contributed by atoms with Crippen LogP contribution >= 0.6 is 11.6 Å². The number of primary amides is 1. The smallest absolute Gasteiger partial charge is 0.323 e. The predicted octanol–water partition coefficient (Wildman–Crippen LogP) is 3.53. The Hall–Kier alpha value is -3.52. The van der Waals surface area contributed by atoms with Crippen LogP contribution in [0.2, 0.25) is 5.02 Å². The number of rotatable bonds is 4. The number of fused-ring (bicyclic) bond motifs is 1. The number of hydrogen-bond donors (Lipinski definition) is 3. The number of nitrogens with two attached hydrogens (primary N) is 1. The second-order valence-electron chi connectivity index (χ2n) is 7.40. The lowest BCUT2D eigenvalue weighted by Gasteiger charge is -2.24. The Balaban J connectivity index is 1.46. The van der Waals surface area contributed by atoms with Gasteiger partial charge in [0, 0.05) is 29.7 Å². The molecule has 8 nitrogen and oxygen atoms in total. The molecule has 0 spiro atoms. The molecule has 1 fully saturated rings. The van der Waals surface area contributed by atoms with Crippen LogP contribution in [0.1, 0.15) is 18.4 Å². The van der Waals surface area contributed by atoms with Crippen LogP contribution in [0, 0.1) is 0 Å². The molecule has 0 radical (unpaired) electrons. The zero-order chi connectivity index (χ0) is 22.0. The van der Waals surface area contributed by atoms with Gasteiger partial charge in [-0.15, -0.1) is 0 Å². The molecule has 4 rings (SSSR count). The lowest BCUT2D eigenvalue weighted by Crippen LogP contribution is -2.47. The van der Waals surface area contributed by atoms with Gasteiger partial charge in [0.25, 0.3) is 0 Å². The Morgan fingerprint density at radius 2 is 1.94 bits per heavy atom. The topological polar surface area (TPSA) is 109 Å². The van der Waals surface area contributed by atoms with E-state index < -0.39 is 18.1 Å². The summed E-state index contributed by atoms with van der Waals surface area (Å²) in [6, 6.07) is 12.8. The van der Waals surface area contributed by atoms with Crippen molar-refractivity contribution < 1.29 is 14.4 Å². The van der Waals surface area contributed by atoms with E-state index in [0.29, 0.717) is 41.1 Å². The molecule has 1 aliphatic rings. The third-order valence-electron chi connectivity index (χ3n) is 5.36. The Bertz CT molecular complexity index is 1160. The Morgan fingerprint density at radius 1 is 1.13 bits per heavy atom. The zero-order valence-corrected chi connectivity index (χ0v) is 17.4. The maximum Gasteiger partial charge on any atom is 0.323 e. The number of urea groups is 1. The standard InChI is InChI=1S/C22H22ClN5O3/c23-15-6-3-5-14(11-15)12-25-20(29)19-9-4-10-27(19)22(31)26-17-13-28(21(24)30)18-8-2-1-7-16(17)18/h1-3,5-8,11,13,19H,4,9-10,12H2,(H2,24,30)(H,25,29)(H,26,31). The second kappa shape index (κ2) is 8.69. The van der Waals surface area contributed by atoms with E-state index in [9.17, 15) is 14.4 Å². The molecule has 0 bridgehead atoms. The van der Waals surface area contributed by atoms with Crippen molar-refractivity contribution in [3.05, 3.63) is 65.3 Å². The highest BCUT2D eigenvalue weighted by Crippen LogP contribution is 2.27.